The summed E-state index contributed by atoms with van der Waals surface area (Å²) in [6, 6.07) is 7.27. The summed E-state index contributed by atoms with van der Waals surface area (Å²) in [5, 5.41) is 10.3. The molecule has 3 heteroatoms. The van der Waals surface area contributed by atoms with Gasteiger partial charge in [0.25, 0.3) is 0 Å². The Morgan fingerprint density at radius 2 is 1.58 bits per heavy atom. The first-order chi connectivity index (χ1) is 11.3. The predicted molar refractivity (Wildman–Crippen MR) is 102 cm³/mol. The van der Waals surface area contributed by atoms with Crippen LogP contribution in [0.1, 0.15) is 69.3 Å². The lowest BCUT2D eigenvalue weighted by Gasteiger charge is -2.09. The molecule has 0 heterocycles. The summed E-state index contributed by atoms with van der Waals surface area (Å²) in [7, 11) is 0. The molecular formula is C21H30O3. The molecule has 3 N–H and O–H groups in total. The van der Waals surface area contributed by atoms with Crippen LogP contribution in [0.15, 0.2) is 53.6 Å². The Morgan fingerprint density at radius 1 is 0.958 bits per heavy atom. The lowest BCUT2D eigenvalue weighted by atomic mass is 9.94. The third-order valence-electron chi connectivity index (χ3n) is 3.70. The molecule has 2 aliphatic rings. The van der Waals surface area contributed by atoms with Crippen molar-refractivity contribution >= 4 is 11.5 Å². The van der Waals surface area contributed by atoms with E-state index in [-0.39, 0.29) is 17.0 Å². The number of hydrogen-bond acceptors (Lipinski definition) is 2. The van der Waals surface area contributed by atoms with E-state index in [4.69, 9.17) is 0 Å². The van der Waals surface area contributed by atoms with E-state index in [0.29, 0.717) is 16.7 Å². The normalized spacial score (nSPS) is 19.0. The Labute approximate surface area is 145 Å². The van der Waals surface area contributed by atoms with Crippen LogP contribution in [0.5, 0.6) is 0 Å². The van der Waals surface area contributed by atoms with Crippen LogP contribution in [0, 0.1) is 0 Å². The monoisotopic (exact) mass is 330 g/mol. The topological polar surface area (TPSA) is 68.8 Å². The fourth-order valence-corrected chi connectivity index (χ4v) is 2.73. The van der Waals surface area contributed by atoms with Crippen LogP contribution in [0.25, 0.3) is 5.76 Å². The van der Waals surface area contributed by atoms with Crippen molar-refractivity contribution in [2.45, 2.75) is 53.4 Å². The van der Waals surface area contributed by atoms with Crippen molar-refractivity contribution in [3.63, 3.8) is 0 Å². The van der Waals surface area contributed by atoms with Crippen LogP contribution in [0.2, 0.25) is 0 Å². The number of carbonyl (C=O) groups excluding carboxylic acids is 1. The van der Waals surface area contributed by atoms with Crippen LogP contribution in [-0.4, -0.2) is 16.4 Å². The SMILES string of the molecule is CC.CC.O.O=C1C(/C2=C/C/C=C\CCC2)=C(O)c2ccccc21. The average molecular weight is 330 g/mol. The highest BCUT2D eigenvalue weighted by molar-refractivity contribution is 6.22. The smallest absolute Gasteiger partial charge is 0.197 e. The molecule has 132 valence electrons. The van der Waals surface area contributed by atoms with Crippen LogP contribution in [0.4, 0.5) is 0 Å². The van der Waals surface area contributed by atoms with E-state index < -0.39 is 0 Å². The van der Waals surface area contributed by atoms with Gasteiger partial charge in [0, 0.05) is 11.1 Å². The largest absolute Gasteiger partial charge is 0.507 e. The molecule has 0 saturated carbocycles. The number of Topliss-reactive ketones (excluding diaryl/α,β-unsaturated/α-hetero) is 1. The molecule has 24 heavy (non-hydrogen) atoms. The van der Waals surface area contributed by atoms with Gasteiger partial charge in [0.1, 0.15) is 5.76 Å². The third kappa shape index (κ3) is 4.68. The summed E-state index contributed by atoms with van der Waals surface area (Å²) < 4.78 is 0. The molecule has 0 saturated heterocycles. The summed E-state index contributed by atoms with van der Waals surface area (Å²) in [5.74, 6) is 0.111. The molecule has 0 bridgehead atoms. The zero-order valence-electron chi connectivity index (χ0n) is 15.2. The van der Waals surface area contributed by atoms with Gasteiger partial charge in [0.15, 0.2) is 5.78 Å². The lowest BCUT2D eigenvalue weighted by Crippen LogP contribution is -2.03. The molecule has 3 nitrogen and oxygen atoms in total. The molecule has 0 aromatic heterocycles. The van der Waals surface area contributed by atoms with E-state index >= 15 is 0 Å². The van der Waals surface area contributed by atoms with Gasteiger partial charge in [-0.3, -0.25) is 4.79 Å². The van der Waals surface area contributed by atoms with Crippen molar-refractivity contribution in [1.29, 1.82) is 0 Å². The van der Waals surface area contributed by atoms with Gasteiger partial charge in [0.05, 0.1) is 5.57 Å². The molecule has 0 amide bonds. The highest BCUT2D eigenvalue weighted by Crippen LogP contribution is 2.36. The summed E-state index contributed by atoms with van der Waals surface area (Å²) in [5.41, 5.74) is 2.79. The Kier molecular flexibility index (Phi) is 10.4. The minimum atomic E-state index is -0.0381. The van der Waals surface area contributed by atoms with Crippen LogP contribution in [-0.2, 0) is 0 Å². The molecule has 1 aromatic carbocycles. The zero-order chi connectivity index (χ0) is 17.2. The van der Waals surface area contributed by atoms with Gasteiger partial charge >= 0.3 is 0 Å². The first-order valence-electron chi connectivity index (χ1n) is 8.71. The van der Waals surface area contributed by atoms with Gasteiger partial charge in [-0.05, 0) is 31.3 Å². The van der Waals surface area contributed by atoms with Gasteiger partial charge in [0.2, 0.25) is 0 Å². The van der Waals surface area contributed by atoms with E-state index in [1.54, 1.807) is 12.1 Å². The maximum atomic E-state index is 12.4. The molecule has 0 spiro atoms. The molecule has 0 aliphatic heterocycles. The Hall–Kier alpha value is -2.13. The van der Waals surface area contributed by atoms with Crippen molar-refractivity contribution in [3.8, 4) is 0 Å². The second-order valence-electron chi connectivity index (χ2n) is 4.93. The maximum Gasteiger partial charge on any atom is 0.197 e. The van der Waals surface area contributed by atoms with E-state index in [2.05, 4.69) is 18.2 Å². The summed E-state index contributed by atoms with van der Waals surface area (Å²) >= 11 is 0. The van der Waals surface area contributed by atoms with Crippen LogP contribution >= 0.6 is 0 Å². The number of aliphatic hydroxyl groups is 1. The van der Waals surface area contributed by atoms with Gasteiger partial charge in [-0.1, -0.05) is 70.2 Å². The molecular weight excluding hydrogens is 300 g/mol. The molecule has 0 atom stereocenters. The van der Waals surface area contributed by atoms with E-state index in [1.165, 1.54) is 0 Å². The number of ketones is 1. The predicted octanol–water partition coefficient (Wildman–Crippen LogP) is 5.44. The highest BCUT2D eigenvalue weighted by Gasteiger charge is 2.31. The van der Waals surface area contributed by atoms with Crippen molar-refractivity contribution in [2.75, 3.05) is 0 Å². The van der Waals surface area contributed by atoms with Crippen molar-refractivity contribution in [3.05, 3.63) is 64.8 Å². The third-order valence-corrected chi connectivity index (χ3v) is 3.70. The first kappa shape index (κ1) is 21.9. The minimum absolute atomic E-state index is 0. The molecule has 1 aromatic rings. The standard InChI is InChI=1S/C17H16O2.2C2H6.H2O/c18-16-13-10-6-7-11-14(13)17(19)15(16)12-8-4-2-1-3-5-9-12;2*1-2;/h1-2,6-8,10-11,18H,3-5,9H2;2*1-2H3;1H2/b2-1-,12-8+;;;. The summed E-state index contributed by atoms with van der Waals surface area (Å²) in [6.45, 7) is 8.00. The zero-order valence-corrected chi connectivity index (χ0v) is 15.2. The first-order valence-corrected chi connectivity index (χ1v) is 8.71. The van der Waals surface area contributed by atoms with E-state index in [9.17, 15) is 9.90 Å². The number of allylic oxidation sites excluding steroid dienone is 5. The number of aliphatic hydroxyl groups excluding tert-OH is 1. The molecule has 0 radical (unpaired) electrons. The highest BCUT2D eigenvalue weighted by atomic mass is 16.3. The number of carbonyl (C=O) groups is 1. The fourth-order valence-electron chi connectivity index (χ4n) is 2.73. The van der Waals surface area contributed by atoms with Crippen LogP contribution < -0.4 is 0 Å². The van der Waals surface area contributed by atoms with Gasteiger partial charge in [-0.25, -0.2) is 0 Å². The van der Waals surface area contributed by atoms with Crippen molar-refractivity contribution < 1.29 is 15.4 Å². The number of fused-ring (bicyclic) bond motifs is 1. The second kappa shape index (κ2) is 11.4. The van der Waals surface area contributed by atoms with Gasteiger partial charge in [-0.2, -0.15) is 0 Å². The number of hydrogen-bond donors (Lipinski definition) is 1. The lowest BCUT2D eigenvalue weighted by molar-refractivity contribution is 0.103. The second-order valence-corrected chi connectivity index (χ2v) is 4.93. The van der Waals surface area contributed by atoms with E-state index in [1.807, 2.05) is 39.8 Å². The molecule has 2 aliphatic carbocycles. The summed E-state index contributed by atoms with van der Waals surface area (Å²) in [4.78, 5) is 12.4. The molecule has 3 rings (SSSR count). The van der Waals surface area contributed by atoms with Crippen LogP contribution in [0.3, 0.4) is 0 Å². The molecule has 0 fully saturated rings. The van der Waals surface area contributed by atoms with Gasteiger partial charge < -0.3 is 10.6 Å². The van der Waals surface area contributed by atoms with Gasteiger partial charge in [-0.15, -0.1) is 0 Å². The number of benzene rings is 1. The molecule has 0 unspecified atom stereocenters. The van der Waals surface area contributed by atoms with Crippen molar-refractivity contribution in [2.24, 2.45) is 0 Å². The summed E-state index contributed by atoms with van der Waals surface area (Å²) in [6.07, 6.45) is 10.1. The Bertz CT molecular complexity index is 622. The minimum Gasteiger partial charge on any atom is -0.507 e. The number of rotatable bonds is 1. The van der Waals surface area contributed by atoms with E-state index in [0.717, 1.165) is 31.3 Å². The fraction of sp³-hybridized carbons (Fsp3) is 0.381. The quantitative estimate of drug-likeness (QED) is 0.697. The maximum absolute atomic E-state index is 12.4. The van der Waals surface area contributed by atoms with Crippen molar-refractivity contribution in [1.82, 2.24) is 0 Å². The average Bonchev–Trinajstić information content (AvgIpc) is 2.84. The Balaban J connectivity index is 0.000000987. The Morgan fingerprint density at radius 3 is 2.21 bits per heavy atom.